The summed E-state index contributed by atoms with van der Waals surface area (Å²) < 4.78 is 5.76. The molecule has 29 heavy (non-hydrogen) atoms. The molecule has 4 rings (SSSR count). The van der Waals surface area contributed by atoms with Crippen LogP contribution in [-0.2, 0) is 9.53 Å². The lowest BCUT2D eigenvalue weighted by Gasteiger charge is -2.34. The fraction of sp³-hybridized carbons (Fsp3) is 0.545. The molecule has 2 aliphatic heterocycles. The molecular formula is C22H29N5O2. The molecule has 4 heterocycles. The van der Waals surface area contributed by atoms with E-state index in [1.807, 2.05) is 30.1 Å². The van der Waals surface area contributed by atoms with E-state index in [9.17, 15) is 4.79 Å². The minimum atomic E-state index is 0.0878. The number of piperidine rings is 1. The van der Waals surface area contributed by atoms with Crippen molar-refractivity contribution >= 4 is 11.7 Å². The highest BCUT2D eigenvalue weighted by Crippen LogP contribution is 2.29. The number of hydrogen-bond donors (Lipinski definition) is 1. The van der Waals surface area contributed by atoms with E-state index in [-0.39, 0.29) is 17.9 Å². The number of pyridine rings is 1. The molecule has 7 heteroatoms. The molecule has 0 spiro atoms. The summed E-state index contributed by atoms with van der Waals surface area (Å²) in [5.41, 5.74) is 1.93. The van der Waals surface area contributed by atoms with Crippen molar-refractivity contribution in [2.45, 2.75) is 50.5 Å². The van der Waals surface area contributed by atoms with E-state index in [2.05, 4.69) is 15.3 Å². The molecule has 2 aromatic heterocycles. The molecule has 0 bridgehead atoms. The number of likely N-dealkylation sites (tertiary alicyclic amines) is 1. The van der Waals surface area contributed by atoms with Crippen molar-refractivity contribution in [1.82, 2.24) is 19.9 Å². The van der Waals surface area contributed by atoms with Crippen molar-refractivity contribution in [3.63, 3.8) is 0 Å². The Morgan fingerprint density at radius 1 is 1.21 bits per heavy atom. The molecule has 2 saturated heterocycles. The van der Waals surface area contributed by atoms with Gasteiger partial charge in [0.15, 0.2) is 5.82 Å². The zero-order valence-electron chi connectivity index (χ0n) is 17.0. The van der Waals surface area contributed by atoms with Crippen LogP contribution in [-0.4, -0.2) is 58.6 Å². The van der Waals surface area contributed by atoms with Crippen LogP contribution in [0.15, 0.2) is 30.6 Å². The fourth-order valence-electron chi connectivity index (χ4n) is 4.17. The molecule has 0 aromatic carbocycles. The van der Waals surface area contributed by atoms with Gasteiger partial charge in [0.1, 0.15) is 5.82 Å². The molecule has 0 saturated carbocycles. The van der Waals surface area contributed by atoms with Gasteiger partial charge in [0.2, 0.25) is 5.91 Å². The Bertz CT molecular complexity index is 823. The normalized spacial score (nSPS) is 22.3. The van der Waals surface area contributed by atoms with Gasteiger partial charge in [0.05, 0.1) is 18.2 Å². The first kappa shape index (κ1) is 19.8. The van der Waals surface area contributed by atoms with Gasteiger partial charge in [0, 0.05) is 56.7 Å². The Balaban J connectivity index is 1.49. The number of amides is 1. The summed E-state index contributed by atoms with van der Waals surface area (Å²) in [6.07, 6.45) is 9.37. The zero-order valence-corrected chi connectivity index (χ0v) is 17.0. The number of rotatable bonds is 5. The first-order chi connectivity index (χ1) is 14.2. The third kappa shape index (κ3) is 4.90. The average molecular weight is 396 g/mol. The first-order valence-corrected chi connectivity index (χ1v) is 10.6. The monoisotopic (exact) mass is 395 g/mol. The number of ether oxygens (including phenoxy) is 1. The highest BCUT2D eigenvalue weighted by Gasteiger charge is 2.28. The maximum absolute atomic E-state index is 12.8. The van der Waals surface area contributed by atoms with Gasteiger partial charge in [-0.05, 0) is 44.2 Å². The molecule has 1 N–H and O–H groups in total. The van der Waals surface area contributed by atoms with Gasteiger partial charge >= 0.3 is 0 Å². The quantitative estimate of drug-likeness (QED) is 0.837. The van der Waals surface area contributed by atoms with Crippen molar-refractivity contribution in [3.05, 3.63) is 36.3 Å². The highest BCUT2D eigenvalue weighted by atomic mass is 16.5. The minimum Gasteiger partial charge on any atom is -0.378 e. The molecule has 2 aromatic rings. The van der Waals surface area contributed by atoms with Crippen LogP contribution in [0.25, 0.3) is 11.4 Å². The molecule has 0 radical (unpaired) electrons. The van der Waals surface area contributed by atoms with E-state index >= 15 is 0 Å². The number of carbonyl (C=O) groups excluding carboxylic acids is 1. The van der Waals surface area contributed by atoms with E-state index < -0.39 is 0 Å². The van der Waals surface area contributed by atoms with Crippen LogP contribution < -0.4 is 5.32 Å². The zero-order chi connectivity index (χ0) is 20.1. The van der Waals surface area contributed by atoms with Gasteiger partial charge in [-0.3, -0.25) is 9.78 Å². The largest absolute Gasteiger partial charge is 0.378 e. The van der Waals surface area contributed by atoms with Gasteiger partial charge < -0.3 is 15.0 Å². The summed E-state index contributed by atoms with van der Waals surface area (Å²) in [5.74, 6) is 1.91. The van der Waals surface area contributed by atoms with Crippen LogP contribution in [0.4, 0.5) is 5.82 Å². The van der Waals surface area contributed by atoms with Crippen molar-refractivity contribution in [3.8, 4) is 11.4 Å². The molecule has 0 aliphatic carbocycles. The standard InChI is InChI=1S/C22H29N5O2/c1-23-20-14-19(25-22(26-20)16-7-9-24-10-8-16)17-5-4-11-27(15-17)21(28)13-18-6-2-3-12-29-18/h7-10,14,17-18H,2-6,11-13,15H2,1H3,(H,23,25,26)/t17-,18-/m0/s1. The van der Waals surface area contributed by atoms with Crippen molar-refractivity contribution in [2.24, 2.45) is 0 Å². The highest BCUT2D eigenvalue weighted by molar-refractivity contribution is 5.77. The summed E-state index contributed by atoms with van der Waals surface area (Å²) >= 11 is 0. The van der Waals surface area contributed by atoms with Crippen LogP contribution in [0.5, 0.6) is 0 Å². The molecule has 2 fully saturated rings. The summed E-state index contributed by atoms with van der Waals surface area (Å²) in [4.78, 5) is 28.4. The van der Waals surface area contributed by atoms with Gasteiger partial charge in [-0.2, -0.15) is 0 Å². The van der Waals surface area contributed by atoms with Crippen LogP contribution in [0.3, 0.4) is 0 Å². The number of nitrogens with zero attached hydrogens (tertiary/aromatic N) is 4. The second-order valence-electron chi connectivity index (χ2n) is 7.86. The number of aromatic nitrogens is 3. The summed E-state index contributed by atoms with van der Waals surface area (Å²) in [6.45, 7) is 2.32. The topological polar surface area (TPSA) is 80.2 Å². The van der Waals surface area contributed by atoms with Gasteiger partial charge in [-0.15, -0.1) is 0 Å². The van der Waals surface area contributed by atoms with E-state index in [4.69, 9.17) is 9.72 Å². The van der Waals surface area contributed by atoms with Crippen LogP contribution in [0, 0.1) is 0 Å². The SMILES string of the molecule is CNc1cc([C@H]2CCCN(C(=O)C[C@@H]3CCCCO3)C2)nc(-c2ccncc2)n1. The van der Waals surface area contributed by atoms with E-state index in [1.54, 1.807) is 12.4 Å². The fourth-order valence-corrected chi connectivity index (χ4v) is 4.17. The maximum atomic E-state index is 12.8. The second-order valence-corrected chi connectivity index (χ2v) is 7.86. The number of carbonyl (C=O) groups is 1. The lowest BCUT2D eigenvalue weighted by molar-refractivity contribution is -0.136. The Labute approximate surface area is 171 Å². The number of nitrogens with one attached hydrogen (secondary N) is 1. The molecule has 2 atom stereocenters. The molecule has 1 amide bonds. The van der Waals surface area contributed by atoms with Crippen LogP contribution in [0.2, 0.25) is 0 Å². The number of anilines is 1. The first-order valence-electron chi connectivity index (χ1n) is 10.6. The second kappa shape index (κ2) is 9.31. The van der Waals surface area contributed by atoms with Crippen molar-refractivity contribution < 1.29 is 9.53 Å². The van der Waals surface area contributed by atoms with Crippen molar-refractivity contribution in [2.75, 3.05) is 32.1 Å². The number of hydrogen-bond acceptors (Lipinski definition) is 6. The van der Waals surface area contributed by atoms with Crippen molar-refractivity contribution in [1.29, 1.82) is 0 Å². The van der Waals surface area contributed by atoms with Crippen LogP contribution in [0.1, 0.15) is 50.1 Å². The Morgan fingerprint density at radius 3 is 2.83 bits per heavy atom. The average Bonchev–Trinajstić information content (AvgIpc) is 2.80. The lowest BCUT2D eigenvalue weighted by atomic mass is 9.93. The Morgan fingerprint density at radius 2 is 2.07 bits per heavy atom. The van der Waals surface area contributed by atoms with Gasteiger partial charge in [0.25, 0.3) is 0 Å². The third-order valence-electron chi connectivity index (χ3n) is 5.81. The Kier molecular flexibility index (Phi) is 6.34. The van der Waals surface area contributed by atoms with Crippen LogP contribution >= 0.6 is 0 Å². The smallest absolute Gasteiger partial charge is 0.225 e. The third-order valence-corrected chi connectivity index (χ3v) is 5.81. The maximum Gasteiger partial charge on any atom is 0.225 e. The van der Waals surface area contributed by atoms with E-state index in [0.717, 1.165) is 62.3 Å². The van der Waals surface area contributed by atoms with E-state index in [0.29, 0.717) is 18.8 Å². The predicted molar refractivity (Wildman–Crippen MR) is 112 cm³/mol. The summed E-state index contributed by atoms with van der Waals surface area (Å²) in [5, 5.41) is 3.14. The summed E-state index contributed by atoms with van der Waals surface area (Å²) in [7, 11) is 1.86. The minimum absolute atomic E-state index is 0.0878. The molecule has 154 valence electrons. The van der Waals surface area contributed by atoms with Gasteiger partial charge in [-0.25, -0.2) is 9.97 Å². The summed E-state index contributed by atoms with van der Waals surface area (Å²) in [6, 6.07) is 5.84. The Hall–Kier alpha value is -2.54. The predicted octanol–water partition coefficient (Wildman–Crippen LogP) is 3.25. The molecule has 0 unspecified atom stereocenters. The lowest BCUT2D eigenvalue weighted by Crippen LogP contribution is -2.41. The van der Waals surface area contributed by atoms with E-state index in [1.165, 1.54) is 0 Å². The van der Waals surface area contributed by atoms with Gasteiger partial charge in [-0.1, -0.05) is 0 Å². The molecule has 7 nitrogen and oxygen atoms in total. The molecule has 2 aliphatic rings. The molecular weight excluding hydrogens is 366 g/mol.